The molecule has 0 radical (unpaired) electrons. The zero-order valence-electron chi connectivity index (χ0n) is 15.3. The monoisotopic (exact) mass is 386 g/mol. The van der Waals surface area contributed by atoms with Gasteiger partial charge in [-0.15, -0.1) is 4.91 Å². The maximum Gasteiger partial charge on any atom is 0.152 e. The van der Waals surface area contributed by atoms with E-state index in [0.717, 1.165) is 10.8 Å². The van der Waals surface area contributed by atoms with E-state index in [4.69, 9.17) is 26.7 Å². The fourth-order valence-electron chi connectivity index (χ4n) is 2.90. The lowest BCUT2D eigenvalue weighted by Gasteiger charge is -2.12. The van der Waals surface area contributed by atoms with Crippen molar-refractivity contribution in [1.29, 1.82) is 0 Å². The third-order valence-corrected chi connectivity index (χ3v) is 4.37. The molecule has 6 N–H and O–H groups in total. The van der Waals surface area contributed by atoms with Crippen molar-refractivity contribution in [3.63, 3.8) is 0 Å². The van der Waals surface area contributed by atoms with Crippen LogP contribution in [0.1, 0.15) is 0 Å². The van der Waals surface area contributed by atoms with Gasteiger partial charge in [0.1, 0.15) is 17.2 Å². The molecule has 0 saturated carbocycles. The number of nitrogens with zero attached hydrogens (tertiary/aromatic N) is 1. The number of nitrogen functional groups attached to an aromatic ring is 3. The molecule has 0 unspecified atom stereocenters. The predicted octanol–water partition coefficient (Wildman–Crippen LogP) is 5.57. The largest absolute Gasteiger partial charge is 0.455 e. The van der Waals surface area contributed by atoms with Crippen molar-refractivity contribution in [3.05, 3.63) is 77.7 Å². The van der Waals surface area contributed by atoms with Gasteiger partial charge < -0.3 is 26.7 Å². The van der Waals surface area contributed by atoms with Gasteiger partial charge in [-0.3, -0.25) is 0 Å². The van der Waals surface area contributed by atoms with E-state index in [0.29, 0.717) is 45.7 Å². The molecule has 0 bridgehead atoms. The molecular formula is C22H18N4O3. The number of ether oxygens (including phenoxy) is 2. The second kappa shape index (κ2) is 7.40. The number of nitrogens with two attached hydrogens (primary N) is 3. The average Bonchev–Trinajstić information content (AvgIpc) is 2.72. The minimum absolute atomic E-state index is 0.349. The molecule has 0 fully saturated rings. The Bertz CT molecular complexity index is 1210. The Labute approximate surface area is 166 Å². The van der Waals surface area contributed by atoms with E-state index in [1.807, 2.05) is 6.07 Å². The number of hydrogen-bond acceptors (Lipinski definition) is 7. The van der Waals surface area contributed by atoms with Gasteiger partial charge in [-0.2, -0.15) is 0 Å². The zero-order valence-corrected chi connectivity index (χ0v) is 15.3. The zero-order chi connectivity index (χ0) is 20.4. The first kappa shape index (κ1) is 18.1. The fourth-order valence-corrected chi connectivity index (χ4v) is 2.90. The molecule has 0 aliphatic rings. The molecule has 0 heterocycles. The lowest BCUT2D eigenvalue weighted by Crippen LogP contribution is -1.95. The first-order chi connectivity index (χ1) is 14.0. The number of hydrogen-bond donors (Lipinski definition) is 3. The van der Waals surface area contributed by atoms with Crippen LogP contribution >= 0.6 is 0 Å². The Morgan fingerprint density at radius 3 is 1.93 bits per heavy atom. The molecule has 4 rings (SSSR count). The number of anilines is 3. The smallest absolute Gasteiger partial charge is 0.152 e. The van der Waals surface area contributed by atoms with E-state index in [1.54, 1.807) is 66.7 Å². The summed E-state index contributed by atoms with van der Waals surface area (Å²) < 4.78 is 11.7. The summed E-state index contributed by atoms with van der Waals surface area (Å²) in [7, 11) is 0. The van der Waals surface area contributed by atoms with Crippen molar-refractivity contribution in [2.24, 2.45) is 5.18 Å². The van der Waals surface area contributed by atoms with Crippen molar-refractivity contribution >= 4 is 33.5 Å². The van der Waals surface area contributed by atoms with E-state index in [9.17, 15) is 4.91 Å². The quantitative estimate of drug-likeness (QED) is 0.304. The van der Waals surface area contributed by atoms with Crippen LogP contribution in [-0.2, 0) is 0 Å². The number of nitroso groups, excluding NO2 is 1. The van der Waals surface area contributed by atoms with Gasteiger partial charge in [0.05, 0.1) is 11.4 Å². The van der Waals surface area contributed by atoms with Crippen LogP contribution in [0.5, 0.6) is 23.0 Å². The fraction of sp³-hybridized carbons (Fsp3) is 0. The van der Waals surface area contributed by atoms with Crippen LogP contribution in [-0.4, -0.2) is 0 Å². The maximum absolute atomic E-state index is 10.7. The highest BCUT2D eigenvalue weighted by Crippen LogP contribution is 2.35. The third-order valence-electron chi connectivity index (χ3n) is 4.37. The predicted molar refractivity (Wildman–Crippen MR) is 116 cm³/mol. The van der Waals surface area contributed by atoms with Crippen LogP contribution < -0.4 is 26.7 Å². The summed E-state index contributed by atoms with van der Waals surface area (Å²) in [6.07, 6.45) is 0. The number of rotatable bonds is 5. The van der Waals surface area contributed by atoms with Crippen LogP contribution in [0.4, 0.5) is 22.7 Å². The molecule has 0 amide bonds. The minimum Gasteiger partial charge on any atom is -0.455 e. The molecule has 0 atom stereocenters. The van der Waals surface area contributed by atoms with Crippen molar-refractivity contribution in [2.75, 3.05) is 17.2 Å². The highest BCUT2D eigenvalue weighted by atomic mass is 16.5. The summed E-state index contributed by atoms with van der Waals surface area (Å²) in [5.41, 5.74) is 19.6. The number of benzene rings is 4. The highest BCUT2D eigenvalue weighted by molar-refractivity contribution is 5.90. The lowest BCUT2D eigenvalue weighted by molar-refractivity contribution is 0.472. The van der Waals surface area contributed by atoms with E-state index in [2.05, 4.69) is 5.18 Å². The normalized spacial score (nSPS) is 10.6. The molecule has 144 valence electrons. The molecule has 7 nitrogen and oxygen atoms in total. The van der Waals surface area contributed by atoms with Crippen LogP contribution in [0.3, 0.4) is 0 Å². The van der Waals surface area contributed by atoms with Crippen molar-refractivity contribution < 1.29 is 9.47 Å². The van der Waals surface area contributed by atoms with Gasteiger partial charge in [-0.1, -0.05) is 6.07 Å². The Balaban J connectivity index is 1.54. The second-order valence-corrected chi connectivity index (χ2v) is 6.49. The van der Waals surface area contributed by atoms with Gasteiger partial charge >= 0.3 is 0 Å². The van der Waals surface area contributed by atoms with Gasteiger partial charge in [-0.05, 0) is 76.6 Å². The van der Waals surface area contributed by atoms with E-state index in [-0.39, 0.29) is 0 Å². The van der Waals surface area contributed by atoms with Crippen molar-refractivity contribution in [1.82, 2.24) is 0 Å². The molecule has 7 heteroatoms. The molecule has 4 aromatic carbocycles. The summed E-state index contributed by atoms with van der Waals surface area (Å²) in [5, 5.41) is 4.64. The summed E-state index contributed by atoms with van der Waals surface area (Å²) in [4.78, 5) is 10.7. The van der Waals surface area contributed by atoms with Crippen LogP contribution in [0.2, 0.25) is 0 Å². The summed E-state index contributed by atoms with van der Waals surface area (Å²) >= 11 is 0. The maximum atomic E-state index is 10.7. The van der Waals surface area contributed by atoms with Gasteiger partial charge in [0.15, 0.2) is 11.5 Å². The third kappa shape index (κ3) is 3.89. The van der Waals surface area contributed by atoms with Gasteiger partial charge in [-0.25, -0.2) is 0 Å². The molecule has 0 saturated heterocycles. The minimum atomic E-state index is 0.349. The van der Waals surface area contributed by atoms with Crippen LogP contribution in [0, 0.1) is 4.91 Å². The van der Waals surface area contributed by atoms with Gasteiger partial charge in [0.25, 0.3) is 0 Å². The molecule has 0 aliphatic carbocycles. The molecule has 4 aromatic rings. The summed E-state index contributed by atoms with van der Waals surface area (Å²) in [5.74, 6) is 2.19. The second-order valence-electron chi connectivity index (χ2n) is 6.49. The van der Waals surface area contributed by atoms with Gasteiger partial charge in [0, 0.05) is 11.8 Å². The van der Waals surface area contributed by atoms with Crippen molar-refractivity contribution in [3.8, 4) is 23.0 Å². The van der Waals surface area contributed by atoms with Crippen LogP contribution in [0.25, 0.3) is 10.8 Å². The van der Waals surface area contributed by atoms with Crippen LogP contribution in [0.15, 0.2) is 78.0 Å². The van der Waals surface area contributed by atoms with E-state index in [1.165, 1.54) is 0 Å². The van der Waals surface area contributed by atoms with Crippen molar-refractivity contribution in [2.45, 2.75) is 0 Å². The Kier molecular flexibility index (Phi) is 4.62. The average molecular weight is 386 g/mol. The molecule has 0 aliphatic heterocycles. The molecule has 0 aromatic heterocycles. The molecule has 29 heavy (non-hydrogen) atoms. The molecule has 0 spiro atoms. The first-order valence-electron chi connectivity index (χ1n) is 8.79. The lowest BCUT2D eigenvalue weighted by atomic mass is 10.1. The Hall–Kier alpha value is -4.26. The Morgan fingerprint density at radius 2 is 1.28 bits per heavy atom. The molecular weight excluding hydrogens is 368 g/mol. The highest BCUT2D eigenvalue weighted by Gasteiger charge is 2.08. The van der Waals surface area contributed by atoms with E-state index < -0.39 is 0 Å². The SMILES string of the molecule is Nc1ccc(N)c(Oc2ccc(Oc3cc4ccc(N=O)cc4cc3N)cc2)c1. The number of fused-ring (bicyclic) bond motifs is 1. The van der Waals surface area contributed by atoms with E-state index >= 15 is 0 Å². The summed E-state index contributed by atoms with van der Waals surface area (Å²) in [6.45, 7) is 0. The first-order valence-corrected chi connectivity index (χ1v) is 8.79. The van der Waals surface area contributed by atoms with Gasteiger partial charge in [0.2, 0.25) is 0 Å². The summed E-state index contributed by atoms with van der Waals surface area (Å²) in [6, 6.07) is 20.8. The standard InChI is InChI=1S/C22H18N4O3/c23-15-2-8-19(24)22(12-15)29-18-6-4-17(5-7-18)28-21-11-13-1-3-16(26-27)9-14(13)10-20(21)25/h1-12H,23-25H2. The topological polar surface area (TPSA) is 126 Å². The Morgan fingerprint density at radius 1 is 0.621 bits per heavy atom.